The van der Waals surface area contributed by atoms with Gasteiger partial charge in [-0.2, -0.15) is 8.42 Å². The summed E-state index contributed by atoms with van der Waals surface area (Å²) in [5, 5.41) is 0. The number of hydrogen-bond donors (Lipinski definition) is 6. The Balaban J connectivity index is -0.0000000457. The Morgan fingerprint density at radius 3 is 1.00 bits per heavy atom. The molecule has 0 heterocycles. The van der Waals surface area contributed by atoms with Crippen LogP contribution in [-0.4, -0.2) is 83.6 Å². The van der Waals surface area contributed by atoms with E-state index in [1.807, 2.05) is 0 Å². The van der Waals surface area contributed by atoms with Crippen molar-refractivity contribution in [1.82, 2.24) is 6.15 Å². The average Bonchev–Trinajstić information content (AvgIpc) is 1.12. The van der Waals surface area contributed by atoms with E-state index in [-0.39, 0.29) is 57.5 Å². The summed E-state index contributed by atoms with van der Waals surface area (Å²) in [7, 11) is -9.31. The SMILES string of the molecule is N.O=P(O)(O)O.O=S(=O)(O)O.[KH]. The maximum atomic E-state index is 8.88. The van der Waals surface area contributed by atoms with Crippen LogP contribution in [-0.2, 0) is 15.0 Å². The van der Waals surface area contributed by atoms with Crippen LogP contribution in [0.25, 0.3) is 0 Å². The molecule has 0 amide bonds. The van der Waals surface area contributed by atoms with Gasteiger partial charge in [0.05, 0.1) is 0 Å². The van der Waals surface area contributed by atoms with Crippen molar-refractivity contribution >= 4 is 69.6 Å². The van der Waals surface area contributed by atoms with E-state index in [0.29, 0.717) is 0 Å². The van der Waals surface area contributed by atoms with Crippen molar-refractivity contribution in [3.8, 4) is 0 Å². The molecular formula is H9KNO8PS. The molecule has 9 nitrogen and oxygen atoms in total. The molecule has 0 atom stereocenters. The van der Waals surface area contributed by atoms with Gasteiger partial charge in [0, 0.05) is 0 Å². The van der Waals surface area contributed by atoms with Gasteiger partial charge < -0.3 is 20.8 Å². The zero-order valence-corrected chi connectivity index (χ0v) is 6.73. The normalized spacial score (nSPS) is 9.75. The molecule has 0 aliphatic rings. The molecule has 0 aromatic rings. The monoisotopic (exact) mass is 253 g/mol. The fourth-order valence-corrected chi connectivity index (χ4v) is 0. The molecule has 0 aromatic carbocycles. The first-order valence-corrected chi connectivity index (χ1v) is 4.44. The summed E-state index contributed by atoms with van der Waals surface area (Å²) in [4.78, 5) is 21.6. The molecule has 12 heavy (non-hydrogen) atoms. The van der Waals surface area contributed by atoms with Crippen molar-refractivity contribution < 1.29 is 36.8 Å². The summed E-state index contributed by atoms with van der Waals surface area (Å²) < 4.78 is 40.5. The zero-order valence-electron chi connectivity index (χ0n) is 5.02. The maximum absolute atomic E-state index is 8.88. The molecule has 0 bridgehead atoms. The molecule has 0 unspecified atom stereocenters. The first-order chi connectivity index (χ1) is 4.00. The van der Waals surface area contributed by atoms with E-state index < -0.39 is 18.2 Å². The van der Waals surface area contributed by atoms with Gasteiger partial charge in [-0.25, -0.2) is 4.57 Å². The molecule has 8 N–H and O–H groups in total. The minimum absolute atomic E-state index is 0. The second-order valence-corrected chi connectivity index (χ2v) is 2.88. The Morgan fingerprint density at radius 1 is 1.00 bits per heavy atom. The first-order valence-electron chi connectivity index (χ1n) is 1.48. The molecule has 0 rings (SSSR count). The van der Waals surface area contributed by atoms with Crippen molar-refractivity contribution in [3.63, 3.8) is 0 Å². The van der Waals surface area contributed by atoms with Crippen LogP contribution in [0.5, 0.6) is 0 Å². The van der Waals surface area contributed by atoms with Crippen LogP contribution in [0.1, 0.15) is 0 Å². The third-order valence-electron chi connectivity index (χ3n) is 0. The van der Waals surface area contributed by atoms with E-state index in [1.165, 1.54) is 0 Å². The third-order valence-corrected chi connectivity index (χ3v) is 0. The summed E-state index contributed by atoms with van der Waals surface area (Å²) in [6.07, 6.45) is 0. The molecule has 0 spiro atoms. The molecule has 0 aliphatic carbocycles. The molecule has 0 aromatic heterocycles. The van der Waals surface area contributed by atoms with Crippen molar-refractivity contribution in [2.75, 3.05) is 0 Å². The van der Waals surface area contributed by atoms with E-state index in [9.17, 15) is 0 Å². The summed E-state index contributed by atoms with van der Waals surface area (Å²) in [6.45, 7) is 0. The minimum atomic E-state index is -4.67. The topological polar surface area (TPSA) is 187 Å². The Labute approximate surface area is 111 Å². The van der Waals surface area contributed by atoms with Crippen LogP contribution >= 0.6 is 7.82 Å². The number of phosphoric acid groups is 1. The van der Waals surface area contributed by atoms with Gasteiger partial charge in [-0.05, 0) is 0 Å². The van der Waals surface area contributed by atoms with Gasteiger partial charge in [-0.15, -0.1) is 0 Å². The molecule has 74 valence electrons. The molecule has 0 fully saturated rings. The second kappa shape index (κ2) is 9.14. The van der Waals surface area contributed by atoms with Crippen LogP contribution in [0.4, 0.5) is 0 Å². The van der Waals surface area contributed by atoms with Crippen LogP contribution < -0.4 is 6.15 Å². The predicted molar refractivity (Wildman–Crippen MR) is 40.6 cm³/mol. The predicted octanol–water partition coefficient (Wildman–Crippen LogP) is -2.07. The number of rotatable bonds is 0. The van der Waals surface area contributed by atoms with Crippen LogP contribution in [0, 0.1) is 0 Å². The summed E-state index contributed by atoms with van der Waals surface area (Å²) in [5.74, 6) is 0. The number of hydrogen-bond acceptors (Lipinski definition) is 4. The van der Waals surface area contributed by atoms with Crippen molar-refractivity contribution in [1.29, 1.82) is 0 Å². The van der Waals surface area contributed by atoms with Crippen molar-refractivity contribution in [3.05, 3.63) is 0 Å². The first kappa shape index (κ1) is 23.4. The van der Waals surface area contributed by atoms with Gasteiger partial charge >= 0.3 is 69.6 Å². The second-order valence-electron chi connectivity index (χ2n) is 0.961. The fourth-order valence-electron chi connectivity index (χ4n) is 0. The van der Waals surface area contributed by atoms with E-state index in [2.05, 4.69) is 0 Å². The van der Waals surface area contributed by atoms with E-state index in [4.69, 9.17) is 36.8 Å². The molecule has 0 saturated heterocycles. The molecule has 0 radical (unpaired) electrons. The molecular weight excluding hydrogens is 244 g/mol. The van der Waals surface area contributed by atoms with Gasteiger partial charge in [0.25, 0.3) is 0 Å². The van der Waals surface area contributed by atoms with Gasteiger partial charge in [0.2, 0.25) is 0 Å². The van der Waals surface area contributed by atoms with Gasteiger partial charge in [0.15, 0.2) is 0 Å². The third kappa shape index (κ3) is 521. The van der Waals surface area contributed by atoms with Gasteiger partial charge in [-0.3, -0.25) is 9.11 Å². The zero-order chi connectivity index (χ0) is 9.00. The van der Waals surface area contributed by atoms with Crippen molar-refractivity contribution in [2.24, 2.45) is 0 Å². The molecule has 0 saturated carbocycles. The van der Waals surface area contributed by atoms with E-state index >= 15 is 0 Å². The van der Waals surface area contributed by atoms with Gasteiger partial charge in [0.1, 0.15) is 0 Å². The van der Waals surface area contributed by atoms with Crippen LogP contribution in [0.2, 0.25) is 0 Å². The quantitative estimate of drug-likeness (QED) is 0.160. The summed E-state index contributed by atoms with van der Waals surface area (Å²) in [5.41, 5.74) is 0. The Hall–Kier alpha value is 1.58. The Kier molecular flexibility index (Phi) is 17.8. The molecule has 12 heteroatoms. The average molecular weight is 253 g/mol. The summed E-state index contributed by atoms with van der Waals surface area (Å²) >= 11 is 0. The Bertz CT molecular complexity index is 197. The Morgan fingerprint density at radius 2 is 1.00 bits per heavy atom. The fraction of sp³-hybridized carbons (Fsp3) is 0. The van der Waals surface area contributed by atoms with E-state index in [1.54, 1.807) is 0 Å². The molecule has 0 aliphatic heterocycles. The van der Waals surface area contributed by atoms with Crippen molar-refractivity contribution in [2.45, 2.75) is 0 Å². The summed E-state index contributed by atoms with van der Waals surface area (Å²) in [6, 6.07) is 0. The van der Waals surface area contributed by atoms with Crippen LogP contribution in [0.3, 0.4) is 0 Å². The standard InChI is InChI=1S/K.H3N.H3O4P.H2O4S.H/c;;2*1-5(2,3)4;/h;1H3;(H3,1,2,3,4);(H2,1,2,3,4);. The van der Waals surface area contributed by atoms with E-state index in [0.717, 1.165) is 0 Å². The van der Waals surface area contributed by atoms with Crippen LogP contribution in [0.15, 0.2) is 0 Å². The van der Waals surface area contributed by atoms with Gasteiger partial charge in [-0.1, -0.05) is 0 Å².